The van der Waals surface area contributed by atoms with Gasteiger partial charge in [0.05, 0.1) is 13.2 Å². The highest BCUT2D eigenvalue weighted by molar-refractivity contribution is 6.03. The molecule has 2 aromatic rings. The molecule has 0 bridgehead atoms. The van der Waals surface area contributed by atoms with Crippen LogP contribution in [-0.4, -0.2) is 55.9 Å². The van der Waals surface area contributed by atoms with Gasteiger partial charge in [0.15, 0.2) is 11.6 Å². The number of benzene rings is 2. The zero-order valence-electron chi connectivity index (χ0n) is 20.8. The Kier molecular flexibility index (Phi) is 6.95. The third-order valence-electron chi connectivity index (χ3n) is 6.56. The van der Waals surface area contributed by atoms with Crippen molar-refractivity contribution in [2.24, 2.45) is 0 Å². The van der Waals surface area contributed by atoms with Crippen molar-refractivity contribution in [3.63, 3.8) is 0 Å². The van der Waals surface area contributed by atoms with Crippen molar-refractivity contribution in [1.82, 2.24) is 0 Å². The third-order valence-corrected chi connectivity index (χ3v) is 6.56. The summed E-state index contributed by atoms with van der Waals surface area (Å²) in [5.41, 5.74) is -1.24. The third kappa shape index (κ3) is 4.25. The molecule has 5 N–H and O–H groups in total. The first-order chi connectivity index (χ1) is 16.3. The molecule has 2 aromatic carbocycles. The van der Waals surface area contributed by atoms with E-state index in [0.29, 0.717) is 6.42 Å². The van der Waals surface area contributed by atoms with Crippen LogP contribution < -0.4 is 9.47 Å². The van der Waals surface area contributed by atoms with Gasteiger partial charge in [-0.25, -0.2) is 0 Å². The number of ether oxygens (including phenoxy) is 2. The predicted octanol–water partition coefficient (Wildman–Crippen LogP) is 3.68. The Morgan fingerprint density at radius 1 is 1.03 bits per heavy atom. The highest BCUT2D eigenvalue weighted by Crippen LogP contribution is 2.51. The van der Waals surface area contributed by atoms with Gasteiger partial charge in [-0.15, -0.1) is 0 Å². The average Bonchev–Trinajstić information content (AvgIpc) is 2.76. The normalized spacial score (nSPS) is 16.4. The van der Waals surface area contributed by atoms with E-state index in [-0.39, 0.29) is 64.1 Å². The Bertz CT molecular complexity index is 1210. The molecule has 0 radical (unpaired) electrons. The molecule has 3 rings (SSSR count). The Morgan fingerprint density at radius 3 is 2.17 bits per heavy atom. The van der Waals surface area contributed by atoms with Crippen molar-refractivity contribution < 1.29 is 44.6 Å². The molecule has 0 saturated carbocycles. The molecule has 9 heteroatoms. The van der Waals surface area contributed by atoms with Gasteiger partial charge in [0.2, 0.25) is 0 Å². The van der Waals surface area contributed by atoms with E-state index in [4.69, 9.17) is 9.47 Å². The largest absolute Gasteiger partial charge is 0.507 e. The average molecular weight is 489 g/mol. The summed E-state index contributed by atoms with van der Waals surface area (Å²) in [7, 11) is 1.31. The number of aliphatic hydroxyl groups excluding tert-OH is 1. The number of Topliss-reactive ketones (excluding diaryl/α,β-unsaturated/α-hetero) is 2. The van der Waals surface area contributed by atoms with Crippen LogP contribution >= 0.6 is 0 Å². The number of methoxy groups -OCH3 is 1. The molecular weight excluding hydrogens is 456 g/mol. The number of phenols is 4. The van der Waals surface area contributed by atoms with Gasteiger partial charge in [0, 0.05) is 41.5 Å². The maximum Gasteiger partial charge on any atom is 0.170 e. The molecule has 0 aromatic heterocycles. The standard InChI is InChI=1S/C26H32O9/c1-7-8-16(28)19-22(32)13(21(31)15-10-17(29)26(4,5)35-25(15)19)9-14-23(33)18(12(3)27)20(30)11(2)24(14)34-6/h17,29-33H,7-10H2,1-6H3. The van der Waals surface area contributed by atoms with E-state index in [2.05, 4.69) is 0 Å². The van der Waals surface area contributed by atoms with Crippen molar-refractivity contribution in [2.45, 2.75) is 72.0 Å². The summed E-state index contributed by atoms with van der Waals surface area (Å²) in [5, 5.41) is 54.2. The number of hydrogen-bond acceptors (Lipinski definition) is 9. The molecule has 35 heavy (non-hydrogen) atoms. The van der Waals surface area contributed by atoms with Crippen LogP contribution in [0.15, 0.2) is 0 Å². The number of ketones is 2. The lowest BCUT2D eigenvalue weighted by Gasteiger charge is -2.38. The Morgan fingerprint density at radius 2 is 1.63 bits per heavy atom. The predicted molar refractivity (Wildman–Crippen MR) is 127 cm³/mol. The quantitative estimate of drug-likeness (QED) is 0.367. The summed E-state index contributed by atoms with van der Waals surface area (Å²) in [4.78, 5) is 25.2. The van der Waals surface area contributed by atoms with E-state index in [1.54, 1.807) is 13.8 Å². The topological polar surface area (TPSA) is 154 Å². The van der Waals surface area contributed by atoms with Gasteiger partial charge < -0.3 is 35.0 Å². The van der Waals surface area contributed by atoms with Crippen molar-refractivity contribution >= 4 is 11.6 Å². The molecule has 0 spiro atoms. The lowest BCUT2D eigenvalue weighted by atomic mass is 9.84. The van der Waals surface area contributed by atoms with Gasteiger partial charge in [0.1, 0.15) is 51.2 Å². The smallest absolute Gasteiger partial charge is 0.170 e. The fourth-order valence-corrected chi connectivity index (χ4v) is 4.50. The maximum atomic E-state index is 13.0. The lowest BCUT2D eigenvalue weighted by Crippen LogP contribution is -2.46. The molecule has 1 heterocycles. The minimum atomic E-state index is -1.07. The van der Waals surface area contributed by atoms with Gasteiger partial charge in [-0.3, -0.25) is 9.59 Å². The fraction of sp³-hybridized carbons (Fsp3) is 0.462. The highest BCUT2D eigenvalue weighted by Gasteiger charge is 2.41. The molecule has 1 atom stereocenters. The van der Waals surface area contributed by atoms with Gasteiger partial charge in [-0.2, -0.15) is 0 Å². The minimum absolute atomic E-state index is 0.0139. The van der Waals surface area contributed by atoms with E-state index in [0.717, 1.165) is 0 Å². The summed E-state index contributed by atoms with van der Waals surface area (Å²) in [5.74, 6) is -2.86. The molecule has 9 nitrogen and oxygen atoms in total. The van der Waals surface area contributed by atoms with Gasteiger partial charge in [0.25, 0.3) is 0 Å². The van der Waals surface area contributed by atoms with E-state index >= 15 is 0 Å². The first kappa shape index (κ1) is 26.2. The molecule has 0 amide bonds. The highest BCUT2D eigenvalue weighted by atomic mass is 16.5. The van der Waals surface area contributed by atoms with E-state index in [1.165, 1.54) is 21.0 Å². The van der Waals surface area contributed by atoms with Gasteiger partial charge >= 0.3 is 0 Å². The number of carbonyl (C=O) groups is 2. The first-order valence-corrected chi connectivity index (χ1v) is 11.4. The van der Waals surface area contributed by atoms with E-state index in [9.17, 15) is 35.1 Å². The van der Waals surface area contributed by atoms with Crippen LogP contribution in [0.2, 0.25) is 0 Å². The second kappa shape index (κ2) is 9.30. The van der Waals surface area contributed by atoms with Crippen molar-refractivity contribution in [3.05, 3.63) is 33.4 Å². The number of rotatable bonds is 7. The van der Waals surface area contributed by atoms with Crippen molar-refractivity contribution in [2.75, 3.05) is 7.11 Å². The van der Waals surface area contributed by atoms with Crippen LogP contribution in [0, 0.1) is 6.92 Å². The number of aliphatic hydroxyl groups is 1. The second-order valence-electron chi connectivity index (χ2n) is 9.40. The minimum Gasteiger partial charge on any atom is -0.507 e. The Labute approximate surface area is 203 Å². The number of hydrogen-bond donors (Lipinski definition) is 5. The number of carbonyl (C=O) groups excluding carboxylic acids is 2. The molecule has 0 aliphatic carbocycles. The van der Waals surface area contributed by atoms with E-state index in [1.807, 2.05) is 6.92 Å². The second-order valence-corrected chi connectivity index (χ2v) is 9.40. The Hall–Kier alpha value is -3.46. The van der Waals surface area contributed by atoms with Crippen LogP contribution in [0.4, 0.5) is 0 Å². The molecule has 1 unspecified atom stereocenters. The first-order valence-electron chi connectivity index (χ1n) is 11.4. The van der Waals surface area contributed by atoms with Gasteiger partial charge in [-0.05, 0) is 34.1 Å². The Balaban J connectivity index is 2.34. The maximum absolute atomic E-state index is 13.0. The number of phenolic OH excluding ortho intramolecular Hbond substituents is 4. The molecular formula is C26H32O9. The molecule has 0 saturated heterocycles. The van der Waals surface area contributed by atoms with Gasteiger partial charge in [-0.1, -0.05) is 6.92 Å². The molecule has 0 fully saturated rings. The van der Waals surface area contributed by atoms with Crippen molar-refractivity contribution in [1.29, 1.82) is 0 Å². The summed E-state index contributed by atoms with van der Waals surface area (Å²) < 4.78 is 11.3. The van der Waals surface area contributed by atoms with Crippen LogP contribution in [0.25, 0.3) is 0 Å². The molecule has 1 aliphatic rings. The molecule has 190 valence electrons. The monoisotopic (exact) mass is 488 g/mol. The lowest BCUT2D eigenvalue weighted by molar-refractivity contribution is -0.0422. The van der Waals surface area contributed by atoms with E-state index < -0.39 is 46.3 Å². The summed E-state index contributed by atoms with van der Waals surface area (Å²) >= 11 is 0. The van der Waals surface area contributed by atoms with Crippen LogP contribution in [-0.2, 0) is 12.8 Å². The summed E-state index contributed by atoms with van der Waals surface area (Å²) in [6, 6.07) is 0. The fourth-order valence-electron chi connectivity index (χ4n) is 4.50. The zero-order chi connectivity index (χ0) is 26.4. The summed E-state index contributed by atoms with van der Waals surface area (Å²) in [6.45, 7) is 7.77. The summed E-state index contributed by atoms with van der Waals surface area (Å²) in [6.07, 6.45) is -0.769. The molecule has 1 aliphatic heterocycles. The van der Waals surface area contributed by atoms with Crippen LogP contribution in [0.1, 0.15) is 83.5 Å². The van der Waals surface area contributed by atoms with Crippen LogP contribution in [0.5, 0.6) is 34.5 Å². The van der Waals surface area contributed by atoms with Crippen molar-refractivity contribution in [3.8, 4) is 34.5 Å². The number of aromatic hydroxyl groups is 4. The zero-order valence-corrected chi connectivity index (χ0v) is 20.8. The SMILES string of the molecule is CCCC(=O)c1c(O)c(Cc2c(O)c(C(C)=O)c(O)c(C)c2OC)c(O)c2c1OC(C)(C)C(O)C2. The number of fused-ring (bicyclic) bond motifs is 1. The van der Waals surface area contributed by atoms with Crippen LogP contribution in [0.3, 0.4) is 0 Å².